The molecule has 2 amide bonds. The Hall–Kier alpha value is -4.85. The fourth-order valence-electron chi connectivity index (χ4n) is 5.31. The maximum atomic E-state index is 14.2. The molecule has 5 heterocycles. The second kappa shape index (κ2) is 9.55. The zero-order valence-corrected chi connectivity index (χ0v) is 20.3. The predicted octanol–water partition coefficient (Wildman–Crippen LogP) is 3.71. The average Bonchev–Trinajstić information content (AvgIpc) is 2.94. The molecule has 0 aliphatic carbocycles. The highest BCUT2D eigenvalue weighted by atomic mass is 19.1. The number of carbonyl (C=O) groups is 1. The van der Waals surface area contributed by atoms with Gasteiger partial charge < -0.3 is 14.8 Å². The molecule has 1 N–H and O–H groups in total. The number of hydrogen-bond donors (Lipinski definition) is 1. The first-order valence-corrected chi connectivity index (χ1v) is 12.3. The smallest absolute Gasteiger partial charge is 0.329 e. The number of halogens is 1. The molecule has 2 aliphatic heterocycles. The molecule has 4 aromatic rings. The number of aromatic nitrogens is 4. The lowest BCUT2D eigenvalue weighted by molar-refractivity contribution is 0.183. The lowest BCUT2D eigenvalue weighted by Gasteiger charge is -2.40. The van der Waals surface area contributed by atoms with Crippen LogP contribution in [0.3, 0.4) is 0 Å². The number of rotatable bonds is 4. The number of nitriles is 1. The highest BCUT2D eigenvalue weighted by molar-refractivity contribution is 6.01. The summed E-state index contributed by atoms with van der Waals surface area (Å²) in [5.41, 5.74) is 2.37. The molecule has 1 fully saturated rings. The second-order valence-corrected chi connectivity index (χ2v) is 9.47. The summed E-state index contributed by atoms with van der Waals surface area (Å²) in [6, 6.07) is 11.1. The molecule has 190 valence electrons. The quantitative estimate of drug-likeness (QED) is 0.444. The van der Waals surface area contributed by atoms with Gasteiger partial charge in [-0.25, -0.2) is 24.1 Å². The minimum Gasteiger partial charge on any atom is -0.356 e. The van der Waals surface area contributed by atoms with E-state index in [1.54, 1.807) is 35.4 Å². The van der Waals surface area contributed by atoms with Gasteiger partial charge in [-0.2, -0.15) is 5.26 Å². The molecule has 2 aliphatic rings. The van der Waals surface area contributed by atoms with Gasteiger partial charge in [0.1, 0.15) is 28.8 Å². The summed E-state index contributed by atoms with van der Waals surface area (Å²) in [6.07, 6.45) is 6.12. The van der Waals surface area contributed by atoms with E-state index in [-0.39, 0.29) is 29.0 Å². The minimum absolute atomic E-state index is 0.194. The summed E-state index contributed by atoms with van der Waals surface area (Å²) in [7, 11) is 0. The molecule has 0 atom stereocenters. The van der Waals surface area contributed by atoms with Gasteiger partial charge in [0.05, 0.1) is 23.2 Å². The van der Waals surface area contributed by atoms with Crippen molar-refractivity contribution in [3.8, 4) is 6.07 Å². The van der Waals surface area contributed by atoms with Crippen LogP contribution in [0, 0.1) is 23.1 Å². The maximum absolute atomic E-state index is 14.2. The third-order valence-corrected chi connectivity index (χ3v) is 7.15. The molecule has 1 saturated heterocycles. The van der Waals surface area contributed by atoms with Crippen molar-refractivity contribution in [2.24, 2.45) is 5.92 Å². The number of H-pyrrole nitrogens is 1. The number of aromatic amines is 1. The lowest BCUT2D eigenvalue weighted by atomic mass is 9.95. The number of piperidine rings is 1. The van der Waals surface area contributed by atoms with Crippen LogP contribution in [0.15, 0.2) is 59.9 Å². The molecule has 6 rings (SSSR count). The fourth-order valence-corrected chi connectivity index (χ4v) is 5.31. The number of carbonyl (C=O) groups excluding carboxylic acids is 1. The molecule has 0 spiro atoms. The predicted molar refractivity (Wildman–Crippen MR) is 138 cm³/mol. The lowest BCUT2D eigenvalue weighted by Crippen LogP contribution is -2.48. The van der Waals surface area contributed by atoms with Crippen LogP contribution in [0.1, 0.15) is 24.1 Å². The molecule has 0 unspecified atom stereocenters. The number of anilines is 3. The van der Waals surface area contributed by atoms with E-state index in [9.17, 15) is 19.2 Å². The van der Waals surface area contributed by atoms with Crippen molar-refractivity contribution in [2.75, 3.05) is 29.4 Å². The Morgan fingerprint density at radius 1 is 1.05 bits per heavy atom. The second-order valence-electron chi connectivity index (χ2n) is 9.47. The largest absolute Gasteiger partial charge is 0.356 e. The van der Waals surface area contributed by atoms with Crippen LogP contribution in [-0.2, 0) is 6.54 Å². The maximum Gasteiger partial charge on any atom is 0.329 e. The monoisotopic (exact) mass is 510 g/mol. The van der Waals surface area contributed by atoms with E-state index in [1.807, 2.05) is 6.07 Å². The van der Waals surface area contributed by atoms with Crippen LogP contribution < -0.4 is 15.4 Å². The van der Waals surface area contributed by atoms with Crippen molar-refractivity contribution in [3.05, 3.63) is 82.5 Å². The van der Waals surface area contributed by atoms with Crippen molar-refractivity contribution < 1.29 is 9.18 Å². The summed E-state index contributed by atoms with van der Waals surface area (Å²) >= 11 is 0. The highest BCUT2D eigenvalue weighted by Crippen LogP contribution is 2.36. The Balaban J connectivity index is 1.23. The van der Waals surface area contributed by atoms with Crippen LogP contribution in [0.25, 0.3) is 10.9 Å². The first-order chi connectivity index (χ1) is 18.5. The van der Waals surface area contributed by atoms with Crippen LogP contribution >= 0.6 is 0 Å². The van der Waals surface area contributed by atoms with Crippen LogP contribution in [0.2, 0.25) is 0 Å². The van der Waals surface area contributed by atoms with Crippen LogP contribution in [0.4, 0.5) is 26.4 Å². The first kappa shape index (κ1) is 23.5. The van der Waals surface area contributed by atoms with E-state index in [0.717, 1.165) is 12.8 Å². The minimum atomic E-state index is -0.370. The van der Waals surface area contributed by atoms with Crippen molar-refractivity contribution in [2.45, 2.75) is 19.4 Å². The van der Waals surface area contributed by atoms with E-state index in [1.165, 1.54) is 29.6 Å². The third kappa shape index (κ3) is 4.20. The molecule has 1 aromatic carbocycles. The van der Waals surface area contributed by atoms with Crippen molar-refractivity contribution >= 4 is 34.1 Å². The highest BCUT2D eigenvalue weighted by Gasteiger charge is 2.34. The Bertz CT molecular complexity index is 1640. The van der Waals surface area contributed by atoms with E-state index in [2.05, 4.69) is 24.8 Å². The van der Waals surface area contributed by atoms with Gasteiger partial charge in [-0.1, -0.05) is 0 Å². The molecule has 11 heteroatoms. The molecular formula is C27H23FN8O2. The summed E-state index contributed by atoms with van der Waals surface area (Å²) in [4.78, 5) is 46.9. The van der Waals surface area contributed by atoms with E-state index >= 15 is 0 Å². The van der Waals surface area contributed by atoms with Gasteiger partial charge in [0, 0.05) is 38.6 Å². The number of fused-ring (bicyclic) bond motifs is 2. The van der Waals surface area contributed by atoms with Gasteiger partial charge in [0.15, 0.2) is 0 Å². The van der Waals surface area contributed by atoms with Crippen LogP contribution in [0.5, 0.6) is 0 Å². The molecule has 38 heavy (non-hydrogen) atoms. The Kier molecular flexibility index (Phi) is 5.92. The van der Waals surface area contributed by atoms with Crippen molar-refractivity contribution in [1.82, 2.24) is 24.8 Å². The molecule has 0 saturated carbocycles. The first-order valence-electron chi connectivity index (χ1n) is 12.3. The van der Waals surface area contributed by atoms with Gasteiger partial charge in [-0.05, 0) is 60.7 Å². The van der Waals surface area contributed by atoms with Gasteiger partial charge in [-0.3, -0.25) is 9.69 Å². The number of pyridine rings is 2. The fraction of sp³-hybridized carbons (Fsp3) is 0.259. The summed E-state index contributed by atoms with van der Waals surface area (Å²) < 4.78 is 14.2. The normalized spacial score (nSPS) is 16.0. The number of urea groups is 1. The number of benzene rings is 1. The van der Waals surface area contributed by atoms with E-state index < -0.39 is 0 Å². The van der Waals surface area contributed by atoms with Crippen LogP contribution in [-0.4, -0.2) is 50.5 Å². The zero-order chi connectivity index (χ0) is 26.2. The zero-order valence-electron chi connectivity index (χ0n) is 20.3. The standard InChI is InChI=1S/C27H23FN8O2/c28-19-1-2-23-18(11-19)15-35(27(38)36(23)21-3-7-30-20(12-21)13-29)14-17-5-9-34(10-6-17)25-24-22(4-8-31-25)32-16-33-26(24)37/h1-4,7-8,11-12,16-17H,5-6,9-10,14-15H2,(H,32,33,37). The van der Waals surface area contributed by atoms with Crippen molar-refractivity contribution in [3.63, 3.8) is 0 Å². The van der Waals surface area contributed by atoms with Gasteiger partial charge in [0.25, 0.3) is 5.56 Å². The van der Waals surface area contributed by atoms with Gasteiger partial charge >= 0.3 is 6.03 Å². The molecular weight excluding hydrogens is 487 g/mol. The molecule has 0 radical (unpaired) electrons. The summed E-state index contributed by atoms with van der Waals surface area (Å²) in [6.45, 7) is 2.15. The molecule has 3 aromatic heterocycles. The summed E-state index contributed by atoms with van der Waals surface area (Å²) in [5.74, 6) is 0.461. The number of nitrogens with zero attached hydrogens (tertiary/aromatic N) is 7. The third-order valence-electron chi connectivity index (χ3n) is 7.15. The van der Waals surface area contributed by atoms with Gasteiger partial charge in [0.2, 0.25) is 0 Å². The Labute approximate surface area is 217 Å². The van der Waals surface area contributed by atoms with Gasteiger partial charge in [-0.15, -0.1) is 0 Å². The van der Waals surface area contributed by atoms with E-state index in [0.29, 0.717) is 59.8 Å². The Morgan fingerprint density at radius 2 is 1.87 bits per heavy atom. The number of hydrogen-bond acceptors (Lipinski definition) is 7. The number of amides is 2. The summed E-state index contributed by atoms with van der Waals surface area (Å²) in [5, 5.41) is 9.77. The number of nitrogens with one attached hydrogen (secondary N) is 1. The SMILES string of the molecule is N#Cc1cc(N2C(=O)N(CC3CCN(c4nccc5nc[nH]c(=O)c45)CC3)Cc3cc(F)ccc32)ccn1. The van der Waals surface area contributed by atoms with Crippen molar-refractivity contribution in [1.29, 1.82) is 5.26 Å². The topological polar surface area (TPSA) is 122 Å². The molecule has 10 nitrogen and oxygen atoms in total. The average molecular weight is 511 g/mol. The molecule has 0 bridgehead atoms. The Morgan fingerprint density at radius 3 is 2.68 bits per heavy atom. The van der Waals surface area contributed by atoms with E-state index in [4.69, 9.17) is 0 Å².